The van der Waals surface area contributed by atoms with Crippen molar-refractivity contribution in [3.05, 3.63) is 29.3 Å². The summed E-state index contributed by atoms with van der Waals surface area (Å²) >= 11 is 1.82. The third-order valence-corrected chi connectivity index (χ3v) is 4.31. The van der Waals surface area contributed by atoms with Gasteiger partial charge in [0.1, 0.15) is 0 Å². The lowest BCUT2D eigenvalue weighted by atomic mass is 10.1. The minimum Gasteiger partial charge on any atom is -0.395 e. The van der Waals surface area contributed by atoms with Crippen molar-refractivity contribution in [1.29, 1.82) is 0 Å². The van der Waals surface area contributed by atoms with Crippen LogP contribution < -0.4 is 5.32 Å². The van der Waals surface area contributed by atoms with Crippen molar-refractivity contribution >= 4 is 11.8 Å². The molecule has 0 saturated heterocycles. The van der Waals surface area contributed by atoms with Crippen molar-refractivity contribution < 1.29 is 5.11 Å². The molecule has 1 aliphatic carbocycles. The van der Waals surface area contributed by atoms with E-state index in [1.165, 1.54) is 35.3 Å². The van der Waals surface area contributed by atoms with E-state index in [2.05, 4.69) is 23.5 Å². The minimum absolute atomic E-state index is 0.193. The zero-order valence-corrected chi connectivity index (χ0v) is 10.5. The quantitative estimate of drug-likeness (QED) is 0.767. The second kappa shape index (κ2) is 5.71. The minimum atomic E-state index is 0.193. The van der Waals surface area contributed by atoms with Gasteiger partial charge in [-0.1, -0.05) is 6.07 Å². The van der Waals surface area contributed by atoms with Gasteiger partial charge >= 0.3 is 0 Å². The summed E-state index contributed by atoms with van der Waals surface area (Å²) < 4.78 is 0. The first-order valence-corrected chi connectivity index (χ1v) is 6.84. The first-order chi connectivity index (χ1) is 7.83. The van der Waals surface area contributed by atoms with Gasteiger partial charge in [0, 0.05) is 16.7 Å². The zero-order valence-electron chi connectivity index (χ0n) is 9.70. The van der Waals surface area contributed by atoms with E-state index < -0.39 is 0 Å². The fourth-order valence-corrected chi connectivity index (χ4v) is 3.12. The predicted molar refractivity (Wildman–Crippen MR) is 69.1 cm³/mol. The van der Waals surface area contributed by atoms with Crippen LogP contribution in [0.25, 0.3) is 0 Å². The Morgan fingerprint density at radius 1 is 1.38 bits per heavy atom. The third kappa shape index (κ3) is 2.78. The molecule has 0 amide bonds. The Balaban J connectivity index is 1.95. The number of aryl methyl sites for hydroxylation is 2. The van der Waals surface area contributed by atoms with Crippen LogP contribution in [0, 0.1) is 0 Å². The van der Waals surface area contributed by atoms with Crippen LogP contribution in [0.5, 0.6) is 0 Å². The summed E-state index contributed by atoms with van der Waals surface area (Å²) in [6.45, 7) is 0.203. The van der Waals surface area contributed by atoms with Gasteiger partial charge in [-0.15, -0.1) is 11.8 Å². The molecule has 1 aromatic rings. The fraction of sp³-hybridized carbons (Fsp3) is 0.538. The molecule has 2 nitrogen and oxygen atoms in total. The molecule has 1 unspecified atom stereocenters. The Morgan fingerprint density at radius 3 is 2.94 bits per heavy atom. The standard InChI is InChI=1S/C13H19NOS/c1-14-12(8-15)9-16-13-6-5-10-3-2-4-11(10)7-13/h5-7,12,14-15H,2-4,8-9H2,1H3. The number of hydrogen-bond donors (Lipinski definition) is 2. The molecule has 16 heavy (non-hydrogen) atoms. The molecule has 1 atom stereocenters. The maximum Gasteiger partial charge on any atom is 0.0592 e. The maximum atomic E-state index is 9.08. The molecule has 0 bridgehead atoms. The molecule has 1 aliphatic rings. The lowest BCUT2D eigenvalue weighted by Gasteiger charge is -2.12. The molecule has 2 N–H and O–H groups in total. The molecule has 2 rings (SSSR count). The summed E-state index contributed by atoms with van der Waals surface area (Å²) in [5.41, 5.74) is 3.05. The van der Waals surface area contributed by atoms with Gasteiger partial charge in [-0.25, -0.2) is 0 Å². The maximum absolute atomic E-state index is 9.08. The normalized spacial score (nSPS) is 16.1. The van der Waals surface area contributed by atoms with Gasteiger partial charge in [-0.2, -0.15) is 0 Å². The van der Waals surface area contributed by atoms with E-state index in [0.717, 1.165) is 5.75 Å². The first-order valence-electron chi connectivity index (χ1n) is 5.86. The van der Waals surface area contributed by atoms with Gasteiger partial charge in [-0.05, 0) is 49.6 Å². The lowest BCUT2D eigenvalue weighted by molar-refractivity contribution is 0.260. The Hall–Kier alpha value is -0.510. The summed E-state index contributed by atoms with van der Waals surface area (Å²) in [6.07, 6.45) is 3.79. The first kappa shape index (κ1) is 12.0. The van der Waals surface area contributed by atoms with Gasteiger partial charge in [0.2, 0.25) is 0 Å². The van der Waals surface area contributed by atoms with Gasteiger partial charge in [0.15, 0.2) is 0 Å². The van der Waals surface area contributed by atoms with Crippen molar-refractivity contribution in [3.63, 3.8) is 0 Å². The van der Waals surface area contributed by atoms with Crippen LogP contribution in [-0.4, -0.2) is 30.6 Å². The number of fused-ring (bicyclic) bond motifs is 1. The van der Waals surface area contributed by atoms with Gasteiger partial charge < -0.3 is 10.4 Å². The van der Waals surface area contributed by atoms with Crippen molar-refractivity contribution in [3.8, 4) is 0 Å². The molecular formula is C13H19NOS. The molecule has 0 radical (unpaired) electrons. The molecule has 3 heteroatoms. The highest BCUT2D eigenvalue weighted by Crippen LogP contribution is 2.27. The summed E-state index contributed by atoms with van der Waals surface area (Å²) in [6, 6.07) is 6.98. The van der Waals surface area contributed by atoms with Crippen LogP contribution in [0.15, 0.2) is 23.1 Å². The molecule has 0 fully saturated rings. The van der Waals surface area contributed by atoms with E-state index in [4.69, 9.17) is 5.11 Å². The van der Waals surface area contributed by atoms with Crippen molar-refractivity contribution in [2.45, 2.75) is 30.2 Å². The molecule has 1 aromatic carbocycles. The molecule has 0 spiro atoms. The van der Waals surface area contributed by atoms with Crippen molar-refractivity contribution in [2.24, 2.45) is 0 Å². The molecule has 0 saturated carbocycles. The van der Waals surface area contributed by atoms with Crippen LogP contribution >= 0.6 is 11.8 Å². The highest BCUT2D eigenvalue weighted by Gasteiger charge is 2.11. The molecule has 0 aliphatic heterocycles. The molecular weight excluding hydrogens is 218 g/mol. The summed E-state index contributed by atoms with van der Waals surface area (Å²) in [7, 11) is 1.89. The van der Waals surface area contributed by atoms with E-state index in [1.807, 2.05) is 18.8 Å². The highest BCUT2D eigenvalue weighted by molar-refractivity contribution is 7.99. The average molecular weight is 237 g/mol. The van der Waals surface area contributed by atoms with Crippen LogP contribution in [0.3, 0.4) is 0 Å². The number of rotatable bonds is 5. The number of aliphatic hydroxyl groups excluding tert-OH is 1. The van der Waals surface area contributed by atoms with Gasteiger partial charge in [-0.3, -0.25) is 0 Å². The Labute approximate surface area is 101 Å². The van der Waals surface area contributed by atoms with Gasteiger partial charge in [0.25, 0.3) is 0 Å². The highest BCUT2D eigenvalue weighted by atomic mass is 32.2. The lowest BCUT2D eigenvalue weighted by Crippen LogP contribution is -2.31. The topological polar surface area (TPSA) is 32.3 Å². The largest absolute Gasteiger partial charge is 0.395 e. The van der Waals surface area contributed by atoms with Crippen molar-refractivity contribution in [1.82, 2.24) is 5.32 Å². The molecule has 88 valence electrons. The summed E-state index contributed by atoms with van der Waals surface area (Å²) in [5.74, 6) is 0.922. The SMILES string of the molecule is CNC(CO)CSc1ccc2c(c1)CCC2. The van der Waals surface area contributed by atoms with E-state index >= 15 is 0 Å². The number of hydrogen-bond acceptors (Lipinski definition) is 3. The summed E-state index contributed by atoms with van der Waals surface area (Å²) in [5, 5.41) is 12.2. The monoisotopic (exact) mass is 237 g/mol. The second-order valence-electron chi connectivity index (χ2n) is 4.26. The summed E-state index contributed by atoms with van der Waals surface area (Å²) in [4.78, 5) is 1.33. The number of nitrogens with one attached hydrogen (secondary N) is 1. The number of likely N-dealkylation sites (N-methyl/N-ethyl adjacent to an activating group) is 1. The van der Waals surface area contributed by atoms with E-state index in [0.29, 0.717) is 0 Å². The third-order valence-electron chi connectivity index (χ3n) is 3.15. The van der Waals surface area contributed by atoms with E-state index in [1.54, 1.807) is 0 Å². The Kier molecular flexibility index (Phi) is 4.27. The fourth-order valence-electron chi connectivity index (χ4n) is 2.06. The Morgan fingerprint density at radius 2 is 2.19 bits per heavy atom. The zero-order chi connectivity index (χ0) is 11.4. The van der Waals surface area contributed by atoms with E-state index in [9.17, 15) is 0 Å². The molecule has 0 aromatic heterocycles. The van der Waals surface area contributed by atoms with Crippen LogP contribution in [0.2, 0.25) is 0 Å². The number of aliphatic hydroxyl groups is 1. The second-order valence-corrected chi connectivity index (χ2v) is 5.36. The smallest absolute Gasteiger partial charge is 0.0592 e. The number of benzene rings is 1. The van der Waals surface area contributed by atoms with Crippen LogP contribution in [0.1, 0.15) is 17.5 Å². The van der Waals surface area contributed by atoms with Gasteiger partial charge in [0.05, 0.1) is 6.61 Å². The van der Waals surface area contributed by atoms with E-state index in [-0.39, 0.29) is 12.6 Å². The van der Waals surface area contributed by atoms with Crippen LogP contribution in [-0.2, 0) is 12.8 Å². The average Bonchev–Trinajstić information content (AvgIpc) is 2.77. The van der Waals surface area contributed by atoms with Crippen LogP contribution in [0.4, 0.5) is 0 Å². The van der Waals surface area contributed by atoms with Crippen molar-refractivity contribution in [2.75, 3.05) is 19.4 Å². The predicted octanol–water partition coefficient (Wildman–Crippen LogP) is 1.85. The molecule has 0 heterocycles. The Bertz CT molecular complexity index is 350. The number of thioether (sulfide) groups is 1.